The summed E-state index contributed by atoms with van der Waals surface area (Å²) in [6.07, 6.45) is 18.1. The summed E-state index contributed by atoms with van der Waals surface area (Å²) in [7, 11) is 0. The molecule has 0 radical (unpaired) electrons. The SMILES string of the molecule is Cc1cc(C)cc(CNCCCCCCCCCCCCOC(=O)/C=C\C(=O)OCCCCCCOc2cc(C)cc(C)c2)c1. The highest BCUT2D eigenvalue weighted by atomic mass is 16.5. The van der Waals surface area contributed by atoms with Crippen LogP contribution in [0.4, 0.5) is 0 Å². The fourth-order valence-electron chi connectivity index (χ4n) is 5.51. The summed E-state index contributed by atoms with van der Waals surface area (Å²) in [5.41, 5.74) is 6.46. The zero-order valence-electron chi connectivity index (χ0n) is 28.6. The first-order chi connectivity index (χ1) is 21.8. The Hall–Kier alpha value is -3.12. The Morgan fingerprint density at radius 3 is 1.42 bits per heavy atom. The van der Waals surface area contributed by atoms with E-state index in [1.54, 1.807) is 0 Å². The third-order valence-corrected chi connectivity index (χ3v) is 7.71. The van der Waals surface area contributed by atoms with Gasteiger partial charge in [-0.25, -0.2) is 9.59 Å². The molecule has 0 saturated carbocycles. The van der Waals surface area contributed by atoms with Crippen molar-refractivity contribution in [2.45, 2.75) is 124 Å². The van der Waals surface area contributed by atoms with Gasteiger partial charge in [-0.2, -0.15) is 0 Å². The van der Waals surface area contributed by atoms with Gasteiger partial charge in [0.05, 0.1) is 19.8 Å². The van der Waals surface area contributed by atoms with Crippen LogP contribution in [0.15, 0.2) is 48.6 Å². The molecule has 6 nitrogen and oxygen atoms in total. The van der Waals surface area contributed by atoms with Crippen molar-refractivity contribution in [3.8, 4) is 5.75 Å². The summed E-state index contributed by atoms with van der Waals surface area (Å²) in [6, 6.07) is 13.0. The van der Waals surface area contributed by atoms with E-state index in [1.165, 1.54) is 79.2 Å². The minimum atomic E-state index is -0.505. The number of hydrogen-bond donors (Lipinski definition) is 1. The number of carbonyl (C=O) groups excluding carboxylic acids is 2. The Morgan fingerprint density at radius 2 is 0.933 bits per heavy atom. The summed E-state index contributed by atoms with van der Waals surface area (Å²) >= 11 is 0. The zero-order valence-corrected chi connectivity index (χ0v) is 28.6. The minimum Gasteiger partial charge on any atom is -0.494 e. The van der Waals surface area contributed by atoms with Gasteiger partial charge in [0.25, 0.3) is 0 Å². The van der Waals surface area contributed by atoms with Crippen LogP contribution in [0.1, 0.15) is 118 Å². The van der Waals surface area contributed by atoms with Crippen molar-refractivity contribution in [1.82, 2.24) is 5.32 Å². The van der Waals surface area contributed by atoms with Crippen LogP contribution >= 0.6 is 0 Å². The number of benzene rings is 2. The molecule has 250 valence electrons. The van der Waals surface area contributed by atoms with Gasteiger partial charge in [0.1, 0.15) is 5.75 Å². The highest BCUT2D eigenvalue weighted by molar-refractivity contribution is 5.91. The van der Waals surface area contributed by atoms with Gasteiger partial charge in [-0.05, 0) is 102 Å². The van der Waals surface area contributed by atoms with Crippen molar-refractivity contribution in [2.24, 2.45) is 0 Å². The molecule has 0 unspecified atom stereocenters. The molecule has 6 heteroatoms. The van der Waals surface area contributed by atoms with Crippen LogP contribution in [0, 0.1) is 27.7 Å². The first kappa shape index (κ1) is 38.1. The van der Waals surface area contributed by atoms with Gasteiger partial charge in [-0.1, -0.05) is 86.8 Å². The number of ether oxygens (including phenoxy) is 3. The largest absolute Gasteiger partial charge is 0.494 e. The van der Waals surface area contributed by atoms with Gasteiger partial charge in [-0.15, -0.1) is 0 Å². The Bertz CT molecular complexity index is 1100. The van der Waals surface area contributed by atoms with Crippen LogP contribution in [0.25, 0.3) is 0 Å². The molecule has 0 amide bonds. The van der Waals surface area contributed by atoms with Crippen LogP contribution in [0.5, 0.6) is 5.75 Å². The summed E-state index contributed by atoms with van der Waals surface area (Å²) in [5.74, 6) is -0.0747. The second kappa shape index (κ2) is 24.2. The molecule has 0 aliphatic carbocycles. The van der Waals surface area contributed by atoms with E-state index >= 15 is 0 Å². The van der Waals surface area contributed by atoms with E-state index in [9.17, 15) is 9.59 Å². The lowest BCUT2D eigenvalue weighted by molar-refractivity contribution is -0.140. The van der Waals surface area contributed by atoms with E-state index < -0.39 is 11.9 Å². The van der Waals surface area contributed by atoms with E-state index in [2.05, 4.69) is 69.4 Å². The van der Waals surface area contributed by atoms with Crippen LogP contribution in [-0.2, 0) is 25.6 Å². The highest BCUT2D eigenvalue weighted by Crippen LogP contribution is 2.17. The van der Waals surface area contributed by atoms with E-state index in [-0.39, 0.29) is 0 Å². The molecule has 1 N–H and O–H groups in total. The number of carbonyl (C=O) groups is 2. The maximum Gasteiger partial charge on any atom is 0.331 e. The molecule has 0 aliphatic rings. The molecule has 0 heterocycles. The van der Waals surface area contributed by atoms with Crippen molar-refractivity contribution in [2.75, 3.05) is 26.4 Å². The predicted octanol–water partition coefficient (Wildman–Crippen LogP) is 9.19. The quantitative estimate of drug-likeness (QED) is 0.0677. The number of hydrogen-bond acceptors (Lipinski definition) is 6. The number of esters is 2. The summed E-state index contributed by atoms with van der Waals surface area (Å²) in [4.78, 5) is 23.7. The first-order valence-electron chi connectivity index (χ1n) is 17.3. The maximum absolute atomic E-state index is 11.8. The van der Waals surface area contributed by atoms with Crippen LogP contribution in [0.3, 0.4) is 0 Å². The lowest BCUT2D eigenvalue weighted by atomic mass is 10.1. The average Bonchev–Trinajstić information content (AvgIpc) is 2.98. The van der Waals surface area contributed by atoms with Gasteiger partial charge >= 0.3 is 11.9 Å². The third-order valence-electron chi connectivity index (χ3n) is 7.71. The van der Waals surface area contributed by atoms with Gasteiger partial charge in [0.15, 0.2) is 0 Å². The molecule has 0 atom stereocenters. The minimum absolute atomic E-state index is 0.350. The second-order valence-corrected chi connectivity index (χ2v) is 12.5. The van der Waals surface area contributed by atoms with Crippen LogP contribution in [0.2, 0.25) is 0 Å². The van der Waals surface area contributed by atoms with Crippen molar-refractivity contribution in [3.63, 3.8) is 0 Å². The fourth-order valence-corrected chi connectivity index (χ4v) is 5.51. The Labute approximate surface area is 273 Å². The fraction of sp³-hybridized carbons (Fsp3) is 0.590. The van der Waals surface area contributed by atoms with Gasteiger partial charge in [0, 0.05) is 18.7 Å². The van der Waals surface area contributed by atoms with Gasteiger partial charge in [-0.3, -0.25) is 0 Å². The van der Waals surface area contributed by atoms with Crippen LogP contribution in [-0.4, -0.2) is 38.3 Å². The predicted molar refractivity (Wildman–Crippen MR) is 185 cm³/mol. The summed E-state index contributed by atoms with van der Waals surface area (Å²) < 4.78 is 16.2. The van der Waals surface area contributed by atoms with Gasteiger partial charge < -0.3 is 19.5 Å². The highest BCUT2D eigenvalue weighted by Gasteiger charge is 2.03. The molecule has 2 aromatic carbocycles. The molecule has 0 aromatic heterocycles. The Balaban J connectivity index is 1.30. The topological polar surface area (TPSA) is 73.9 Å². The second-order valence-electron chi connectivity index (χ2n) is 12.5. The Morgan fingerprint density at radius 1 is 0.533 bits per heavy atom. The molecule has 0 bridgehead atoms. The third kappa shape index (κ3) is 20.5. The number of aryl methyl sites for hydroxylation is 4. The maximum atomic E-state index is 11.8. The van der Waals surface area contributed by atoms with E-state index in [4.69, 9.17) is 14.2 Å². The molecular formula is C39H59NO5. The molecule has 0 spiro atoms. The summed E-state index contributed by atoms with van der Waals surface area (Å²) in [5, 5.41) is 3.57. The average molecular weight is 622 g/mol. The number of rotatable bonds is 25. The molecule has 2 aromatic rings. The smallest absolute Gasteiger partial charge is 0.331 e. The van der Waals surface area contributed by atoms with Crippen molar-refractivity contribution >= 4 is 11.9 Å². The molecule has 0 aliphatic heterocycles. The molecule has 2 rings (SSSR count). The molecule has 45 heavy (non-hydrogen) atoms. The standard InChI is InChI=1S/C39H59NO5/c1-32-25-33(2)28-36(27-32)31-40-21-15-11-9-7-5-6-8-10-12-17-23-44-38(41)19-20-39(42)45-24-18-14-13-16-22-43-37-29-34(3)26-35(4)30-37/h19-20,25-30,40H,5-18,21-24,31H2,1-4H3/b20-19-. The molecule has 0 fully saturated rings. The summed E-state index contributed by atoms with van der Waals surface area (Å²) in [6.45, 7) is 11.9. The lowest BCUT2D eigenvalue weighted by Gasteiger charge is -2.08. The number of nitrogens with one attached hydrogen (secondary N) is 1. The van der Waals surface area contributed by atoms with Gasteiger partial charge in [0.2, 0.25) is 0 Å². The molecular weight excluding hydrogens is 562 g/mol. The van der Waals surface area contributed by atoms with E-state index in [1.807, 2.05) is 0 Å². The Kier molecular flexibility index (Phi) is 20.4. The zero-order chi connectivity index (χ0) is 32.5. The molecule has 0 saturated heterocycles. The van der Waals surface area contributed by atoms with E-state index in [0.29, 0.717) is 19.8 Å². The number of unbranched alkanes of at least 4 members (excludes halogenated alkanes) is 12. The van der Waals surface area contributed by atoms with E-state index in [0.717, 1.165) is 69.5 Å². The van der Waals surface area contributed by atoms with Crippen molar-refractivity contribution in [3.05, 3.63) is 76.4 Å². The monoisotopic (exact) mass is 621 g/mol. The first-order valence-corrected chi connectivity index (χ1v) is 17.3. The lowest BCUT2D eigenvalue weighted by Crippen LogP contribution is -2.14. The normalized spacial score (nSPS) is 11.2. The van der Waals surface area contributed by atoms with Crippen molar-refractivity contribution in [1.29, 1.82) is 0 Å². The van der Waals surface area contributed by atoms with Crippen LogP contribution < -0.4 is 10.1 Å². The van der Waals surface area contributed by atoms with Crippen molar-refractivity contribution < 1.29 is 23.8 Å².